The van der Waals surface area contributed by atoms with Crippen molar-refractivity contribution in [2.45, 2.75) is 50.4 Å². The van der Waals surface area contributed by atoms with Crippen LogP contribution < -0.4 is 10.1 Å². The summed E-state index contributed by atoms with van der Waals surface area (Å²) in [4.78, 5) is 15.5. The summed E-state index contributed by atoms with van der Waals surface area (Å²) in [6, 6.07) is 11.8. The number of rotatable bonds is 9. The van der Waals surface area contributed by atoms with Crippen LogP contribution in [0.3, 0.4) is 0 Å². The van der Waals surface area contributed by atoms with Gasteiger partial charge in [-0.15, -0.1) is 10.2 Å². The summed E-state index contributed by atoms with van der Waals surface area (Å²) in [7, 11) is 0. The second-order valence-electron chi connectivity index (χ2n) is 7.66. The molecule has 0 spiro atoms. The number of hydrogen-bond acceptors (Lipinski definition) is 8. The van der Waals surface area contributed by atoms with E-state index in [1.165, 1.54) is 43.9 Å². The molecule has 0 unspecified atom stereocenters. The standard InChI is InChI=1S/C23H24ClN5O3S/c1-2-3-4-5-8-13-33-23-26-22-20(27-28-23)16-9-6-7-10-19(16)25-21(32-22)17-14-15(29(30)31)11-12-18(17)24/h6-7,9-12,14,21,25H,2-5,8,13H2,1H3/t21-/m0/s1. The van der Waals surface area contributed by atoms with Crippen LogP contribution in [0.4, 0.5) is 11.4 Å². The van der Waals surface area contributed by atoms with Crippen LogP contribution in [0, 0.1) is 10.1 Å². The SMILES string of the molecule is CCCCCCCSc1nnc2c(n1)O[C@@H](c1cc([N+](=O)[O-])ccc1Cl)Nc1ccccc1-2. The number of benzene rings is 2. The Bertz CT molecular complexity index is 1150. The summed E-state index contributed by atoms with van der Waals surface area (Å²) in [5, 5.41) is 24.2. The summed E-state index contributed by atoms with van der Waals surface area (Å²) in [5.41, 5.74) is 2.41. The molecular formula is C23H24ClN5O3S. The zero-order valence-corrected chi connectivity index (χ0v) is 19.7. The number of anilines is 1. The van der Waals surface area contributed by atoms with Crippen LogP contribution in [0.1, 0.15) is 50.8 Å². The fraction of sp³-hybridized carbons (Fsp3) is 0.348. The van der Waals surface area contributed by atoms with E-state index in [-0.39, 0.29) is 5.69 Å². The molecule has 1 aromatic heterocycles. The van der Waals surface area contributed by atoms with Crippen molar-refractivity contribution in [2.24, 2.45) is 0 Å². The van der Waals surface area contributed by atoms with Crippen LogP contribution in [0.15, 0.2) is 47.6 Å². The fourth-order valence-corrected chi connectivity index (χ4v) is 4.56. The Morgan fingerprint density at radius 1 is 1.15 bits per heavy atom. The van der Waals surface area contributed by atoms with E-state index >= 15 is 0 Å². The lowest BCUT2D eigenvalue weighted by molar-refractivity contribution is -0.385. The first-order valence-corrected chi connectivity index (χ1v) is 12.3. The van der Waals surface area contributed by atoms with E-state index in [4.69, 9.17) is 16.3 Å². The summed E-state index contributed by atoms with van der Waals surface area (Å²) in [6.07, 6.45) is 5.18. The molecule has 1 N–H and O–H groups in total. The van der Waals surface area contributed by atoms with E-state index in [2.05, 4.69) is 27.4 Å². The predicted molar refractivity (Wildman–Crippen MR) is 130 cm³/mol. The third kappa shape index (κ3) is 5.54. The van der Waals surface area contributed by atoms with Gasteiger partial charge in [0.15, 0.2) is 11.9 Å². The van der Waals surface area contributed by atoms with Crippen molar-refractivity contribution < 1.29 is 9.66 Å². The minimum Gasteiger partial charge on any atom is -0.448 e. The first kappa shape index (κ1) is 23.3. The number of hydrogen-bond donors (Lipinski definition) is 1. The van der Waals surface area contributed by atoms with Gasteiger partial charge in [-0.3, -0.25) is 10.1 Å². The predicted octanol–water partition coefficient (Wildman–Crippen LogP) is 6.67. The number of ether oxygens (including phenoxy) is 1. The molecule has 3 aromatic rings. The summed E-state index contributed by atoms with van der Waals surface area (Å²) < 4.78 is 6.20. The molecule has 33 heavy (non-hydrogen) atoms. The van der Waals surface area contributed by atoms with Crippen LogP contribution in [0.25, 0.3) is 11.3 Å². The molecule has 0 amide bonds. The molecule has 2 heterocycles. The molecule has 0 bridgehead atoms. The smallest absolute Gasteiger partial charge is 0.270 e. The van der Waals surface area contributed by atoms with Crippen LogP contribution in [-0.2, 0) is 0 Å². The van der Waals surface area contributed by atoms with Gasteiger partial charge in [0.2, 0.25) is 11.0 Å². The van der Waals surface area contributed by atoms with Crippen LogP contribution in [-0.4, -0.2) is 25.9 Å². The van der Waals surface area contributed by atoms with Crippen LogP contribution in [0.2, 0.25) is 5.02 Å². The molecular weight excluding hydrogens is 462 g/mol. The van der Waals surface area contributed by atoms with E-state index < -0.39 is 11.2 Å². The van der Waals surface area contributed by atoms with Crippen molar-refractivity contribution in [3.63, 3.8) is 0 Å². The average Bonchev–Trinajstić information content (AvgIpc) is 2.98. The van der Waals surface area contributed by atoms with Gasteiger partial charge in [-0.1, -0.05) is 74.2 Å². The maximum atomic E-state index is 11.3. The molecule has 10 heteroatoms. The number of unbranched alkanes of at least 4 members (excludes halogenated alkanes) is 4. The highest BCUT2D eigenvalue weighted by Crippen LogP contribution is 2.41. The molecule has 172 valence electrons. The monoisotopic (exact) mass is 485 g/mol. The Labute approximate surface area is 201 Å². The number of nitrogens with one attached hydrogen (secondary N) is 1. The third-order valence-electron chi connectivity index (χ3n) is 5.29. The van der Waals surface area contributed by atoms with Gasteiger partial charge in [0.25, 0.3) is 5.69 Å². The van der Waals surface area contributed by atoms with E-state index in [1.54, 1.807) is 11.8 Å². The fourth-order valence-electron chi connectivity index (χ4n) is 3.56. The number of halogens is 1. The third-order valence-corrected chi connectivity index (χ3v) is 6.55. The van der Waals surface area contributed by atoms with Crippen molar-refractivity contribution in [1.29, 1.82) is 0 Å². The van der Waals surface area contributed by atoms with Gasteiger partial charge in [-0.25, -0.2) is 0 Å². The molecule has 0 radical (unpaired) electrons. The van der Waals surface area contributed by atoms with E-state index in [0.717, 1.165) is 23.4 Å². The van der Waals surface area contributed by atoms with Gasteiger partial charge in [0.1, 0.15) is 0 Å². The molecule has 0 saturated carbocycles. The molecule has 0 aliphatic carbocycles. The van der Waals surface area contributed by atoms with Crippen LogP contribution >= 0.6 is 23.4 Å². The average molecular weight is 486 g/mol. The van der Waals surface area contributed by atoms with Crippen molar-refractivity contribution >= 4 is 34.7 Å². The van der Waals surface area contributed by atoms with Gasteiger partial charge in [0.05, 0.1) is 4.92 Å². The second-order valence-corrected chi connectivity index (χ2v) is 9.13. The van der Waals surface area contributed by atoms with E-state index in [9.17, 15) is 10.1 Å². The molecule has 0 saturated heterocycles. The Hall–Kier alpha value is -2.91. The lowest BCUT2D eigenvalue weighted by Gasteiger charge is -2.20. The van der Waals surface area contributed by atoms with Gasteiger partial charge in [0, 0.05) is 39.7 Å². The molecule has 2 aromatic carbocycles. The first-order chi connectivity index (χ1) is 16.1. The zero-order valence-electron chi connectivity index (χ0n) is 18.2. The van der Waals surface area contributed by atoms with Gasteiger partial charge < -0.3 is 10.1 Å². The molecule has 1 aliphatic heterocycles. The maximum absolute atomic E-state index is 11.3. The van der Waals surface area contributed by atoms with Crippen molar-refractivity contribution in [3.05, 3.63) is 63.2 Å². The summed E-state index contributed by atoms with van der Waals surface area (Å²) in [5.74, 6) is 1.21. The minimum absolute atomic E-state index is 0.0716. The van der Waals surface area contributed by atoms with E-state index in [0.29, 0.717) is 27.3 Å². The number of nitro benzene ring substituents is 1. The number of non-ortho nitro benzene ring substituents is 1. The topological polar surface area (TPSA) is 103 Å². The van der Waals surface area contributed by atoms with Gasteiger partial charge >= 0.3 is 0 Å². The number of nitro groups is 1. The van der Waals surface area contributed by atoms with Gasteiger partial charge in [-0.2, -0.15) is 4.98 Å². The van der Waals surface area contributed by atoms with Crippen molar-refractivity contribution in [3.8, 4) is 17.1 Å². The highest BCUT2D eigenvalue weighted by Gasteiger charge is 2.28. The first-order valence-electron chi connectivity index (χ1n) is 10.9. The molecule has 4 rings (SSSR count). The molecule has 1 aliphatic rings. The number of para-hydroxylation sites is 1. The van der Waals surface area contributed by atoms with Crippen molar-refractivity contribution in [1.82, 2.24) is 15.2 Å². The Morgan fingerprint density at radius 2 is 1.97 bits per heavy atom. The molecule has 8 nitrogen and oxygen atoms in total. The van der Waals surface area contributed by atoms with E-state index in [1.807, 2.05) is 24.3 Å². The maximum Gasteiger partial charge on any atom is 0.270 e. The lowest BCUT2D eigenvalue weighted by atomic mass is 10.1. The second kappa shape index (κ2) is 10.8. The lowest BCUT2D eigenvalue weighted by Crippen LogP contribution is -2.18. The minimum atomic E-state index is -0.789. The highest BCUT2D eigenvalue weighted by atomic mass is 35.5. The summed E-state index contributed by atoms with van der Waals surface area (Å²) in [6.45, 7) is 2.20. The zero-order chi connectivity index (χ0) is 23.2. The molecule has 1 atom stereocenters. The number of nitrogens with zero attached hydrogens (tertiary/aromatic N) is 4. The normalized spacial score (nSPS) is 14.4. The summed E-state index contributed by atoms with van der Waals surface area (Å²) >= 11 is 7.94. The Morgan fingerprint density at radius 3 is 2.79 bits per heavy atom. The van der Waals surface area contributed by atoms with Crippen molar-refractivity contribution in [2.75, 3.05) is 11.1 Å². The number of aromatic nitrogens is 3. The molecule has 0 fully saturated rings. The number of thioether (sulfide) groups is 1. The highest BCUT2D eigenvalue weighted by molar-refractivity contribution is 7.99. The largest absolute Gasteiger partial charge is 0.448 e. The van der Waals surface area contributed by atoms with Gasteiger partial charge in [-0.05, 0) is 18.6 Å². The Balaban J connectivity index is 1.63. The number of fused-ring (bicyclic) bond motifs is 3. The van der Waals surface area contributed by atoms with Crippen LogP contribution in [0.5, 0.6) is 5.88 Å². The Kier molecular flexibility index (Phi) is 7.61. The quantitative estimate of drug-likeness (QED) is 0.155.